The molecule has 0 heterocycles. The third-order valence-electron chi connectivity index (χ3n) is 5.61. The highest BCUT2D eigenvalue weighted by Gasteiger charge is 2.29. The van der Waals surface area contributed by atoms with Crippen LogP contribution in [0.4, 0.5) is 11.4 Å². The van der Waals surface area contributed by atoms with Gasteiger partial charge >= 0.3 is 0 Å². The number of para-hydroxylation sites is 1. The molecule has 0 aliphatic heterocycles. The summed E-state index contributed by atoms with van der Waals surface area (Å²) < 4.78 is 34.4. The molecule has 0 radical (unpaired) electrons. The van der Waals surface area contributed by atoms with Crippen LogP contribution in [0.5, 0.6) is 5.75 Å². The van der Waals surface area contributed by atoms with E-state index in [1.54, 1.807) is 66.7 Å². The molecule has 0 atom stereocenters. The van der Waals surface area contributed by atoms with Gasteiger partial charge in [-0.25, -0.2) is 8.42 Å². The molecule has 0 spiro atoms. The van der Waals surface area contributed by atoms with Crippen molar-refractivity contribution in [3.63, 3.8) is 0 Å². The Labute approximate surface area is 216 Å². The van der Waals surface area contributed by atoms with Gasteiger partial charge in [-0.2, -0.15) is 0 Å². The fourth-order valence-electron chi connectivity index (χ4n) is 3.74. The lowest BCUT2D eigenvalue weighted by atomic mass is 10.1. The minimum atomic E-state index is -4.01. The van der Waals surface area contributed by atoms with E-state index in [2.05, 4.69) is 5.32 Å². The molecular weight excluding hydrogens is 496 g/mol. The average Bonchev–Trinajstić information content (AvgIpc) is 2.88. The number of nitrogens with zero attached hydrogens (tertiary/aromatic N) is 1. The van der Waals surface area contributed by atoms with Gasteiger partial charge in [0.25, 0.3) is 15.9 Å². The molecule has 0 aliphatic rings. The fraction of sp³-hybridized carbons (Fsp3) is 0.107. The highest BCUT2D eigenvalue weighted by molar-refractivity contribution is 7.92. The summed E-state index contributed by atoms with van der Waals surface area (Å²) >= 11 is 6.12. The Bertz CT molecular complexity index is 1470. The molecule has 4 aromatic rings. The second kappa shape index (κ2) is 10.8. The Morgan fingerprint density at radius 2 is 1.58 bits per heavy atom. The number of sulfonamides is 1. The molecule has 0 aromatic heterocycles. The van der Waals surface area contributed by atoms with Crippen LogP contribution >= 0.6 is 11.6 Å². The van der Waals surface area contributed by atoms with Crippen molar-refractivity contribution in [2.24, 2.45) is 0 Å². The summed E-state index contributed by atoms with van der Waals surface area (Å²) in [6.45, 7) is 1.93. The second-order valence-corrected chi connectivity index (χ2v) is 10.4. The molecule has 36 heavy (non-hydrogen) atoms. The summed E-state index contributed by atoms with van der Waals surface area (Å²) in [5, 5.41) is 3.23. The Kier molecular flexibility index (Phi) is 7.62. The van der Waals surface area contributed by atoms with E-state index >= 15 is 0 Å². The van der Waals surface area contributed by atoms with Crippen LogP contribution in [0.15, 0.2) is 102 Å². The number of benzene rings is 4. The molecule has 0 saturated heterocycles. The molecule has 0 fully saturated rings. The van der Waals surface area contributed by atoms with Crippen LogP contribution < -0.4 is 14.4 Å². The standard InChI is InChI=1S/C28H25ClN2O4S/c1-20-12-15-23(16-13-20)36(33,34)31(19-21-8-4-3-5-9-21)26-11-7-6-10-24(26)28(32)30-25-18-22(29)14-17-27(25)35-2/h3-18H,19H2,1-2H3,(H,30,32). The van der Waals surface area contributed by atoms with Crippen LogP contribution in [0.3, 0.4) is 0 Å². The highest BCUT2D eigenvalue weighted by atomic mass is 35.5. The lowest BCUT2D eigenvalue weighted by Gasteiger charge is -2.27. The molecular formula is C28H25ClN2O4S. The van der Waals surface area contributed by atoms with E-state index in [0.717, 1.165) is 11.1 Å². The van der Waals surface area contributed by atoms with Crippen molar-refractivity contribution in [1.82, 2.24) is 0 Å². The molecule has 4 rings (SSSR count). The van der Waals surface area contributed by atoms with Gasteiger partial charge in [0.15, 0.2) is 0 Å². The first-order valence-corrected chi connectivity index (χ1v) is 13.0. The monoisotopic (exact) mass is 520 g/mol. The van der Waals surface area contributed by atoms with Crippen molar-refractivity contribution in [2.75, 3.05) is 16.7 Å². The second-order valence-electron chi connectivity index (χ2n) is 8.13. The fourth-order valence-corrected chi connectivity index (χ4v) is 5.38. The summed E-state index contributed by atoms with van der Waals surface area (Å²) in [4.78, 5) is 13.6. The first kappa shape index (κ1) is 25.3. The van der Waals surface area contributed by atoms with E-state index in [0.29, 0.717) is 16.5 Å². The number of ether oxygens (including phenoxy) is 1. The maximum atomic E-state index is 13.9. The molecule has 4 aromatic carbocycles. The molecule has 1 amide bonds. The van der Waals surface area contributed by atoms with Gasteiger partial charge in [-0.15, -0.1) is 0 Å². The van der Waals surface area contributed by atoms with Gasteiger partial charge in [0, 0.05) is 5.02 Å². The zero-order valence-corrected chi connectivity index (χ0v) is 21.4. The normalized spacial score (nSPS) is 11.1. The molecule has 1 N–H and O–H groups in total. The summed E-state index contributed by atoms with van der Waals surface area (Å²) in [6.07, 6.45) is 0. The third-order valence-corrected chi connectivity index (χ3v) is 7.61. The SMILES string of the molecule is COc1ccc(Cl)cc1NC(=O)c1ccccc1N(Cc1ccccc1)S(=O)(=O)c1ccc(C)cc1. The van der Waals surface area contributed by atoms with E-state index in [1.165, 1.54) is 11.4 Å². The molecule has 0 aliphatic carbocycles. The largest absolute Gasteiger partial charge is 0.495 e. The Morgan fingerprint density at radius 1 is 0.917 bits per heavy atom. The minimum absolute atomic E-state index is 0.0435. The molecule has 6 nitrogen and oxygen atoms in total. The number of rotatable bonds is 8. The predicted octanol–water partition coefficient (Wildman–Crippen LogP) is 6.30. The predicted molar refractivity (Wildman–Crippen MR) is 143 cm³/mol. The summed E-state index contributed by atoms with van der Waals surface area (Å²) in [7, 11) is -2.52. The smallest absolute Gasteiger partial charge is 0.264 e. The number of methoxy groups -OCH3 is 1. The first-order valence-electron chi connectivity index (χ1n) is 11.2. The third kappa shape index (κ3) is 5.53. The van der Waals surface area contributed by atoms with Gasteiger partial charge in [0.05, 0.1) is 35.5 Å². The maximum Gasteiger partial charge on any atom is 0.264 e. The van der Waals surface area contributed by atoms with Crippen LogP contribution in [0.2, 0.25) is 5.02 Å². The van der Waals surface area contributed by atoms with Crippen LogP contribution in [-0.2, 0) is 16.6 Å². The molecule has 8 heteroatoms. The van der Waals surface area contributed by atoms with Gasteiger partial charge in [-0.05, 0) is 55.0 Å². The minimum Gasteiger partial charge on any atom is -0.495 e. The van der Waals surface area contributed by atoms with Crippen LogP contribution in [0.25, 0.3) is 0 Å². The number of nitrogens with one attached hydrogen (secondary N) is 1. The van der Waals surface area contributed by atoms with Crippen molar-refractivity contribution in [1.29, 1.82) is 0 Å². The molecule has 0 saturated carbocycles. The van der Waals surface area contributed by atoms with E-state index in [1.807, 2.05) is 37.3 Å². The van der Waals surface area contributed by atoms with Crippen molar-refractivity contribution in [2.45, 2.75) is 18.4 Å². The maximum absolute atomic E-state index is 13.9. The van der Waals surface area contributed by atoms with Crippen LogP contribution in [0.1, 0.15) is 21.5 Å². The van der Waals surface area contributed by atoms with Gasteiger partial charge < -0.3 is 10.1 Å². The number of anilines is 2. The van der Waals surface area contributed by atoms with Crippen molar-refractivity contribution < 1.29 is 17.9 Å². The van der Waals surface area contributed by atoms with Gasteiger partial charge in [-0.3, -0.25) is 9.10 Å². The molecule has 184 valence electrons. The van der Waals surface area contributed by atoms with Gasteiger partial charge in [0.2, 0.25) is 0 Å². The summed E-state index contributed by atoms with van der Waals surface area (Å²) in [6, 6.07) is 27.4. The Balaban J connectivity index is 1.80. The lowest BCUT2D eigenvalue weighted by molar-refractivity contribution is 0.102. The molecule has 0 bridgehead atoms. The van der Waals surface area contributed by atoms with E-state index in [-0.39, 0.29) is 22.7 Å². The van der Waals surface area contributed by atoms with Crippen molar-refractivity contribution in [3.8, 4) is 5.75 Å². The molecule has 0 unspecified atom stereocenters. The van der Waals surface area contributed by atoms with Crippen molar-refractivity contribution >= 4 is 38.9 Å². The summed E-state index contributed by atoms with van der Waals surface area (Å²) in [5.41, 5.74) is 2.53. The van der Waals surface area contributed by atoms with E-state index < -0.39 is 15.9 Å². The number of carbonyl (C=O) groups excluding carboxylic acids is 1. The van der Waals surface area contributed by atoms with Crippen molar-refractivity contribution in [3.05, 3.63) is 119 Å². The number of amides is 1. The van der Waals surface area contributed by atoms with E-state index in [4.69, 9.17) is 16.3 Å². The zero-order chi connectivity index (χ0) is 25.7. The zero-order valence-electron chi connectivity index (χ0n) is 19.8. The highest BCUT2D eigenvalue weighted by Crippen LogP contribution is 2.32. The van der Waals surface area contributed by atoms with Crippen LogP contribution in [-0.4, -0.2) is 21.4 Å². The van der Waals surface area contributed by atoms with Gasteiger partial charge in [0.1, 0.15) is 5.75 Å². The van der Waals surface area contributed by atoms with E-state index in [9.17, 15) is 13.2 Å². The summed E-state index contributed by atoms with van der Waals surface area (Å²) in [5.74, 6) is -0.0676. The van der Waals surface area contributed by atoms with Crippen LogP contribution in [0, 0.1) is 6.92 Å². The number of carbonyl (C=O) groups is 1. The average molecular weight is 521 g/mol. The Morgan fingerprint density at radius 3 is 2.28 bits per heavy atom. The quantitative estimate of drug-likeness (QED) is 0.295. The lowest BCUT2D eigenvalue weighted by Crippen LogP contribution is -2.32. The number of aryl methyl sites for hydroxylation is 1. The Hall–Kier alpha value is -3.81. The van der Waals surface area contributed by atoms with Gasteiger partial charge in [-0.1, -0.05) is 71.8 Å². The topological polar surface area (TPSA) is 75.7 Å². The number of halogens is 1. The number of hydrogen-bond donors (Lipinski definition) is 1. The first-order chi connectivity index (χ1) is 17.3. The number of hydrogen-bond acceptors (Lipinski definition) is 4.